The first kappa shape index (κ1) is 25.4. The van der Waals surface area contributed by atoms with Crippen LogP contribution in [0, 0.1) is 0 Å². The van der Waals surface area contributed by atoms with E-state index in [0.29, 0.717) is 6.42 Å². The first-order valence-electron chi connectivity index (χ1n) is 9.44. The number of ether oxygens (including phenoxy) is 1. The average Bonchev–Trinajstić information content (AvgIpc) is 2.51. The number of esters is 1. The fourth-order valence-electron chi connectivity index (χ4n) is 2.75. The minimum absolute atomic E-state index is 0. The van der Waals surface area contributed by atoms with Crippen LogP contribution < -0.4 is 0 Å². The molecule has 0 fully saturated rings. The van der Waals surface area contributed by atoms with E-state index in [9.17, 15) is 9.59 Å². The second kappa shape index (κ2) is 22.1. The molecule has 0 aromatic heterocycles. The van der Waals surface area contributed by atoms with Crippen LogP contribution in [0.1, 0.15) is 110 Å². The van der Waals surface area contributed by atoms with E-state index in [0.717, 1.165) is 12.8 Å². The third-order valence-corrected chi connectivity index (χ3v) is 4.16. The zero-order chi connectivity index (χ0) is 16.3. The molecule has 0 aliphatic carbocycles. The van der Waals surface area contributed by atoms with Crippen LogP contribution in [0.5, 0.6) is 0 Å². The van der Waals surface area contributed by atoms with Crippen LogP contribution in [-0.2, 0) is 14.3 Å². The van der Waals surface area contributed by atoms with Crippen LogP contribution >= 0.6 is 0 Å². The Morgan fingerprint density at radius 2 is 1.04 bits per heavy atom. The van der Waals surface area contributed by atoms with Crippen LogP contribution in [0.15, 0.2) is 0 Å². The van der Waals surface area contributed by atoms with E-state index >= 15 is 0 Å². The van der Waals surface area contributed by atoms with Crippen molar-refractivity contribution >= 4 is 42.0 Å². The summed E-state index contributed by atoms with van der Waals surface area (Å²) in [5.41, 5.74) is 0. The van der Waals surface area contributed by atoms with Crippen molar-refractivity contribution in [3.8, 4) is 0 Å². The molecule has 0 aromatic carbocycles. The number of unbranched alkanes of at least 4 members (excludes halogenated alkanes) is 14. The predicted molar refractivity (Wildman–Crippen MR) is 98.9 cm³/mol. The van der Waals surface area contributed by atoms with Crippen molar-refractivity contribution in [2.45, 2.75) is 110 Å². The van der Waals surface area contributed by atoms with Gasteiger partial charge in [0, 0.05) is 6.42 Å². The Kier molecular flexibility index (Phi) is 24.4. The van der Waals surface area contributed by atoms with E-state index in [1.54, 1.807) is 0 Å². The molecule has 0 N–H and O–H groups in total. The summed E-state index contributed by atoms with van der Waals surface area (Å²) in [6.45, 7) is 2.48. The summed E-state index contributed by atoms with van der Waals surface area (Å²) in [7, 11) is 0. The van der Waals surface area contributed by atoms with Gasteiger partial charge in [0.05, 0.1) is 0 Å². The molecule has 0 atom stereocenters. The van der Waals surface area contributed by atoms with E-state index in [4.69, 9.17) is 0 Å². The molecule has 0 bridgehead atoms. The van der Waals surface area contributed by atoms with Crippen molar-refractivity contribution < 1.29 is 14.3 Å². The minimum atomic E-state index is -0.398. The van der Waals surface area contributed by atoms with Crippen LogP contribution in [0.3, 0.4) is 0 Å². The number of carbonyl (C=O) groups excluding carboxylic acids is 2. The van der Waals surface area contributed by atoms with Gasteiger partial charge in [-0.1, -0.05) is 96.8 Å². The van der Waals surface area contributed by atoms with Crippen LogP contribution in [-0.4, -0.2) is 42.0 Å². The molecule has 3 nitrogen and oxygen atoms in total. The Bertz CT molecular complexity index is 257. The second-order valence-corrected chi connectivity index (χ2v) is 6.29. The maximum atomic E-state index is 10.9. The molecule has 23 heavy (non-hydrogen) atoms. The summed E-state index contributed by atoms with van der Waals surface area (Å²) < 4.78 is 4.24. The van der Waals surface area contributed by atoms with Crippen molar-refractivity contribution in [2.24, 2.45) is 0 Å². The van der Waals surface area contributed by atoms with Gasteiger partial charge in [-0.25, -0.2) is 0 Å². The third kappa shape index (κ3) is 22.1. The summed E-state index contributed by atoms with van der Waals surface area (Å²) in [6, 6.07) is 0. The van der Waals surface area contributed by atoms with Gasteiger partial charge in [-0.3, -0.25) is 9.59 Å². The second-order valence-electron chi connectivity index (χ2n) is 6.29. The predicted octanol–water partition coefficient (Wildman–Crippen LogP) is 5.30. The Morgan fingerprint density at radius 3 is 1.39 bits per heavy atom. The van der Waals surface area contributed by atoms with Crippen LogP contribution in [0.2, 0.25) is 0 Å². The van der Waals surface area contributed by atoms with Gasteiger partial charge in [0.1, 0.15) is 0 Å². The fraction of sp³-hybridized carbons (Fsp3) is 0.895. The van der Waals surface area contributed by atoms with Gasteiger partial charge in [0.2, 0.25) is 0 Å². The Balaban J connectivity index is 0. The summed E-state index contributed by atoms with van der Waals surface area (Å²) >= 11 is 0. The molecular weight excluding hydrogens is 299 g/mol. The van der Waals surface area contributed by atoms with E-state index < -0.39 is 5.97 Å². The molecule has 0 saturated heterocycles. The average molecular weight is 336 g/mol. The molecule has 0 amide bonds. The van der Waals surface area contributed by atoms with Crippen molar-refractivity contribution in [1.82, 2.24) is 0 Å². The van der Waals surface area contributed by atoms with Gasteiger partial charge in [0.25, 0.3) is 0 Å². The molecule has 0 unspecified atom stereocenters. The normalized spacial score (nSPS) is 10.1. The molecule has 0 rings (SSSR count). The SMILES string of the molecule is CCCCCCCCCCCCCCCCCC(=O)OC=O.[NaH]. The Labute approximate surface area is 165 Å². The Morgan fingerprint density at radius 1 is 0.696 bits per heavy atom. The van der Waals surface area contributed by atoms with Gasteiger partial charge in [0.15, 0.2) is 0 Å². The number of hydrogen-bond acceptors (Lipinski definition) is 3. The molecule has 0 spiro atoms. The van der Waals surface area contributed by atoms with Crippen molar-refractivity contribution in [3.05, 3.63) is 0 Å². The first-order valence-corrected chi connectivity index (χ1v) is 9.44. The van der Waals surface area contributed by atoms with Crippen LogP contribution in [0.4, 0.5) is 0 Å². The van der Waals surface area contributed by atoms with Crippen molar-refractivity contribution in [1.29, 1.82) is 0 Å². The summed E-state index contributed by atoms with van der Waals surface area (Å²) in [5.74, 6) is -0.398. The van der Waals surface area contributed by atoms with Gasteiger partial charge >= 0.3 is 42.0 Å². The van der Waals surface area contributed by atoms with E-state index in [2.05, 4.69) is 11.7 Å². The number of rotatable bonds is 17. The van der Waals surface area contributed by atoms with Gasteiger partial charge in [-0.2, -0.15) is 0 Å². The van der Waals surface area contributed by atoms with Crippen molar-refractivity contribution in [2.75, 3.05) is 0 Å². The molecule has 0 saturated carbocycles. The van der Waals surface area contributed by atoms with E-state index in [1.165, 1.54) is 83.5 Å². The molecule has 0 aromatic rings. The fourth-order valence-corrected chi connectivity index (χ4v) is 2.75. The molecule has 0 aliphatic heterocycles. The third-order valence-electron chi connectivity index (χ3n) is 4.16. The zero-order valence-electron chi connectivity index (χ0n) is 14.6. The molecule has 4 heteroatoms. The van der Waals surface area contributed by atoms with Gasteiger partial charge in [-0.05, 0) is 6.42 Å². The maximum absolute atomic E-state index is 10.9. The first-order chi connectivity index (χ1) is 10.8. The standard InChI is InChI=1S/C19H36O3.Na.H/c1-2-3-4-5-6-7-8-9-10-11-12-13-14-15-16-17-19(21)22-18-20;;/h18H,2-17H2,1H3;;. The number of carbonyl (C=O) groups is 2. The number of hydrogen-bond donors (Lipinski definition) is 0. The Hall–Kier alpha value is 0.140. The van der Waals surface area contributed by atoms with E-state index in [1.807, 2.05) is 0 Å². The summed E-state index contributed by atoms with van der Waals surface area (Å²) in [6.07, 6.45) is 20.0. The van der Waals surface area contributed by atoms with Crippen molar-refractivity contribution in [3.63, 3.8) is 0 Å². The molecule has 0 radical (unpaired) electrons. The zero-order valence-corrected chi connectivity index (χ0v) is 14.6. The quantitative estimate of drug-likeness (QED) is 0.119. The topological polar surface area (TPSA) is 43.4 Å². The van der Waals surface area contributed by atoms with Crippen LogP contribution in [0.25, 0.3) is 0 Å². The van der Waals surface area contributed by atoms with Gasteiger partial charge in [-0.15, -0.1) is 0 Å². The molecule has 132 valence electrons. The van der Waals surface area contributed by atoms with Gasteiger partial charge < -0.3 is 4.74 Å². The molecule has 0 heterocycles. The summed E-state index contributed by atoms with van der Waals surface area (Å²) in [4.78, 5) is 20.9. The molecule has 0 aliphatic rings. The monoisotopic (exact) mass is 336 g/mol. The summed E-state index contributed by atoms with van der Waals surface area (Å²) in [5, 5.41) is 0. The van der Waals surface area contributed by atoms with E-state index in [-0.39, 0.29) is 36.0 Å². The molecular formula is C19H37NaO3.